The van der Waals surface area contributed by atoms with Gasteiger partial charge in [0.15, 0.2) is 0 Å². The van der Waals surface area contributed by atoms with Crippen molar-refractivity contribution in [2.45, 2.75) is 6.92 Å². The molecule has 0 aromatic heterocycles. The lowest BCUT2D eigenvalue weighted by Gasteiger charge is -2.10. The molecular weight excluding hydrogens is 208 g/mol. The molecule has 0 fully saturated rings. The molecule has 1 aromatic carbocycles. The largest absolute Gasteiger partial charge is 0.465 e. The van der Waals surface area contributed by atoms with Crippen LogP contribution >= 0.6 is 0 Å². The SMILES string of the molecule is CNc1ccc(C(=O)OC)cc1NC(C)=O. The van der Waals surface area contributed by atoms with Crippen LogP contribution in [0.15, 0.2) is 18.2 Å². The monoisotopic (exact) mass is 222 g/mol. The number of anilines is 2. The number of methoxy groups -OCH3 is 1. The second-order valence-electron chi connectivity index (χ2n) is 3.18. The molecule has 0 radical (unpaired) electrons. The number of hydrogen-bond donors (Lipinski definition) is 2. The van der Waals surface area contributed by atoms with Crippen LogP contribution in [0, 0.1) is 0 Å². The fourth-order valence-electron chi connectivity index (χ4n) is 1.30. The van der Waals surface area contributed by atoms with Crippen molar-refractivity contribution < 1.29 is 14.3 Å². The summed E-state index contributed by atoms with van der Waals surface area (Å²) in [6.07, 6.45) is 0. The van der Waals surface area contributed by atoms with Crippen LogP contribution < -0.4 is 10.6 Å². The Hall–Kier alpha value is -2.04. The van der Waals surface area contributed by atoms with Crippen molar-refractivity contribution in [2.24, 2.45) is 0 Å². The molecule has 0 unspecified atom stereocenters. The topological polar surface area (TPSA) is 67.4 Å². The first-order chi connectivity index (χ1) is 7.58. The molecule has 0 aliphatic heterocycles. The van der Waals surface area contributed by atoms with E-state index in [1.54, 1.807) is 25.2 Å². The van der Waals surface area contributed by atoms with Gasteiger partial charge in [0.05, 0.1) is 24.0 Å². The average molecular weight is 222 g/mol. The van der Waals surface area contributed by atoms with Gasteiger partial charge in [-0.1, -0.05) is 0 Å². The normalized spacial score (nSPS) is 9.44. The molecule has 5 nitrogen and oxygen atoms in total. The molecule has 0 heterocycles. The summed E-state index contributed by atoms with van der Waals surface area (Å²) in [6.45, 7) is 1.41. The summed E-state index contributed by atoms with van der Waals surface area (Å²) in [5.41, 5.74) is 1.69. The lowest BCUT2D eigenvalue weighted by atomic mass is 10.1. The number of nitrogens with one attached hydrogen (secondary N) is 2. The van der Waals surface area contributed by atoms with E-state index in [-0.39, 0.29) is 5.91 Å². The zero-order chi connectivity index (χ0) is 12.1. The number of hydrogen-bond acceptors (Lipinski definition) is 4. The maximum absolute atomic E-state index is 11.3. The van der Waals surface area contributed by atoms with E-state index in [1.807, 2.05) is 0 Å². The third-order valence-electron chi connectivity index (χ3n) is 2.02. The van der Waals surface area contributed by atoms with Gasteiger partial charge in [0.1, 0.15) is 0 Å². The van der Waals surface area contributed by atoms with Crippen molar-refractivity contribution in [3.8, 4) is 0 Å². The van der Waals surface area contributed by atoms with Gasteiger partial charge in [-0.2, -0.15) is 0 Å². The highest BCUT2D eigenvalue weighted by molar-refractivity contribution is 5.97. The van der Waals surface area contributed by atoms with Crippen LogP contribution in [0.2, 0.25) is 0 Å². The highest BCUT2D eigenvalue weighted by Crippen LogP contribution is 2.23. The lowest BCUT2D eigenvalue weighted by molar-refractivity contribution is -0.114. The highest BCUT2D eigenvalue weighted by Gasteiger charge is 2.09. The van der Waals surface area contributed by atoms with Crippen molar-refractivity contribution in [1.29, 1.82) is 0 Å². The third kappa shape index (κ3) is 2.73. The van der Waals surface area contributed by atoms with E-state index in [9.17, 15) is 9.59 Å². The minimum atomic E-state index is -0.436. The smallest absolute Gasteiger partial charge is 0.337 e. The Balaban J connectivity index is 3.10. The number of ether oxygens (including phenoxy) is 1. The Kier molecular flexibility index (Phi) is 3.88. The second kappa shape index (κ2) is 5.16. The van der Waals surface area contributed by atoms with E-state index < -0.39 is 5.97 Å². The summed E-state index contributed by atoms with van der Waals surface area (Å²) < 4.78 is 4.60. The van der Waals surface area contributed by atoms with E-state index in [2.05, 4.69) is 15.4 Å². The molecule has 0 saturated carbocycles. The van der Waals surface area contributed by atoms with Crippen molar-refractivity contribution in [3.63, 3.8) is 0 Å². The van der Waals surface area contributed by atoms with Gasteiger partial charge < -0.3 is 15.4 Å². The molecule has 86 valence electrons. The molecule has 0 aliphatic rings. The summed E-state index contributed by atoms with van der Waals surface area (Å²) in [4.78, 5) is 22.3. The highest BCUT2D eigenvalue weighted by atomic mass is 16.5. The minimum absolute atomic E-state index is 0.196. The van der Waals surface area contributed by atoms with Crippen LogP contribution in [0.3, 0.4) is 0 Å². The molecule has 1 rings (SSSR count). The van der Waals surface area contributed by atoms with Gasteiger partial charge in [-0.05, 0) is 18.2 Å². The van der Waals surface area contributed by atoms with Crippen molar-refractivity contribution in [3.05, 3.63) is 23.8 Å². The minimum Gasteiger partial charge on any atom is -0.465 e. The molecular formula is C11H14N2O3. The summed E-state index contributed by atoms with van der Waals surface area (Å²) >= 11 is 0. The van der Waals surface area contributed by atoms with Gasteiger partial charge in [0, 0.05) is 14.0 Å². The summed E-state index contributed by atoms with van der Waals surface area (Å²) in [5, 5.41) is 5.55. The molecule has 0 atom stereocenters. The van der Waals surface area contributed by atoms with E-state index >= 15 is 0 Å². The van der Waals surface area contributed by atoms with Crippen LogP contribution in [0.5, 0.6) is 0 Å². The first kappa shape index (κ1) is 12.0. The van der Waals surface area contributed by atoms with Gasteiger partial charge in [0.25, 0.3) is 0 Å². The second-order valence-corrected chi connectivity index (χ2v) is 3.18. The van der Waals surface area contributed by atoms with Gasteiger partial charge in [-0.3, -0.25) is 4.79 Å². The summed E-state index contributed by atoms with van der Waals surface area (Å²) in [5.74, 6) is -0.632. The molecule has 1 amide bonds. The van der Waals surface area contributed by atoms with Gasteiger partial charge in [-0.15, -0.1) is 0 Å². The number of rotatable bonds is 3. The lowest BCUT2D eigenvalue weighted by Crippen LogP contribution is -2.10. The third-order valence-corrected chi connectivity index (χ3v) is 2.02. The van der Waals surface area contributed by atoms with Crippen LogP contribution in [0.4, 0.5) is 11.4 Å². The van der Waals surface area contributed by atoms with E-state index in [0.29, 0.717) is 11.3 Å². The number of esters is 1. The quantitative estimate of drug-likeness (QED) is 0.760. The van der Waals surface area contributed by atoms with E-state index in [4.69, 9.17) is 0 Å². The molecule has 5 heteroatoms. The van der Waals surface area contributed by atoms with E-state index in [1.165, 1.54) is 14.0 Å². The van der Waals surface area contributed by atoms with Crippen LogP contribution in [-0.2, 0) is 9.53 Å². The van der Waals surface area contributed by atoms with Crippen LogP contribution in [0.25, 0.3) is 0 Å². The number of amides is 1. The first-order valence-electron chi connectivity index (χ1n) is 4.76. The summed E-state index contributed by atoms with van der Waals surface area (Å²) in [6, 6.07) is 4.90. The van der Waals surface area contributed by atoms with Gasteiger partial charge >= 0.3 is 5.97 Å². The molecule has 2 N–H and O–H groups in total. The zero-order valence-electron chi connectivity index (χ0n) is 9.46. The predicted molar refractivity (Wildman–Crippen MR) is 61.6 cm³/mol. The van der Waals surface area contributed by atoms with Crippen LogP contribution in [-0.4, -0.2) is 26.0 Å². The number of benzene rings is 1. The molecule has 0 spiro atoms. The summed E-state index contributed by atoms with van der Waals surface area (Å²) in [7, 11) is 3.05. The van der Waals surface area contributed by atoms with E-state index in [0.717, 1.165) is 5.69 Å². The Labute approximate surface area is 93.8 Å². The van der Waals surface area contributed by atoms with Crippen molar-refractivity contribution in [1.82, 2.24) is 0 Å². The standard InChI is InChI=1S/C11H14N2O3/c1-7(14)13-10-6-8(11(15)16-3)4-5-9(10)12-2/h4-6,12H,1-3H3,(H,13,14). The maximum Gasteiger partial charge on any atom is 0.337 e. The van der Waals surface area contributed by atoms with Gasteiger partial charge in [0.2, 0.25) is 5.91 Å². The average Bonchev–Trinajstić information content (AvgIpc) is 2.27. The van der Waals surface area contributed by atoms with Crippen LogP contribution in [0.1, 0.15) is 17.3 Å². The van der Waals surface area contributed by atoms with Gasteiger partial charge in [-0.25, -0.2) is 4.79 Å². The number of carbonyl (C=O) groups excluding carboxylic acids is 2. The maximum atomic E-state index is 11.3. The Morgan fingerprint density at radius 2 is 1.94 bits per heavy atom. The van der Waals surface area contributed by atoms with Crippen molar-refractivity contribution >= 4 is 23.3 Å². The fourth-order valence-corrected chi connectivity index (χ4v) is 1.30. The molecule has 0 aliphatic carbocycles. The zero-order valence-corrected chi connectivity index (χ0v) is 9.46. The Bertz CT molecular complexity index is 416. The molecule has 0 saturated heterocycles. The van der Waals surface area contributed by atoms with Crippen molar-refractivity contribution in [2.75, 3.05) is 24.8 Å². The molecule has 0 bridgehead atoms. The number of carbonyl (C=O) groups is 2. The predicted octanol–water partition coefficient (Wildman–Crippen LogP) is 1.47. The molecule has 1 aromatic rings. The fraction of sp³-hybridized carbons (Fsp3) is 0.273. The Morgan fingerprint density at radius 3 is 2.44 bits per heavy atom. The molecule has 16 heavy (non-hydrogen) atoms. The Morgan fingerprint density at radius 1 is 1.25 bits per heavy atom. The first-order valence-corrected chi connectivity index (χ1v) is 4.76.